The first kappa shape index (κ1) is 12.0. The minimum absolute atomic E-state index is 0.289. The van der Waals surface area contributed by atoms with Gasteiger partial charge in [-0.2, -0.15) is 0 Å². The molecule has 0 atom stereocenters. The maximum atomic E-state index is 11.4. The van der Waals surface area contributed by atoms with E-state index in [4.69, 9.17) is 4.74 Å². The van der Waals surface area contributed by atoms with Gasteiger partial charge in [-0.1, -0.05) is 22.0 Å². The largest absolute Gasteiger partial charge is 0.467 e. The number of nitrogens with one attached hydrogen (secondary N) is 1. The molecule has 1 aromatic carbocycles. The van der Waals surface area contributed by atoms with Crippen molar-refractivity contribution in [3.8, 4) is 0 Å². The van der Waals surface area contributed by atoms with Crippen molar-refractivity contribution in [2.45, 2.75) is 19.4 Å². The molecule has 0 aliphatic carbocycles. The van der Waals surface area contributed by atoms with E-state index < -0.39 is 5.54 Å². The highest BCUT2D eigenvalue weighted by molar-refractivity contribution is 9.10. The summed E-state index contributed by atoms with van der Waals surface area (Å²) in [5.41, 5.74) is 0.148. The van der Waals surface area contributed by atoms with Crippen LogP contribution in [0.5, 0.6) is 0 Å². The van der Waals surface area contributed by atoms with E-state index in [9.17, 15) is 4.79 Å². The molecule has 1 rings (SSSR count). The molecule has 0 aliphatic heterocycles. The van der Waals surface area contributed by atoms with Crippen LogP contribution >= 0.6 is 15.9 Å². The van der Waals surface area contributed by atoms with Crippen molar-refractivity contribution in [3.63, 3.8) is 0 Å². The number of carbonyl (C=O) groups excluding carboxylic acids is 1. The Balaban J connectivity index is 2.81. The first-order chi connectivity index (χ1) is 6.95. The highest BCUT2D eigenvalue weighted by atomic mass is 79.9. The van der Waals surface area contributed by atoms with Crippen LogP contribution in [-0.4, -0.2) is 18.6 Å². The molecule has 82 valence electrons. The Morgan fingerprint density at radius 1 is 1.47 bits per heavy atom. The van der Waals surface area contributed by atoms with E-state index in [1.54, 1.807) is 13.8 Å². The van der Waals surface area contributed by atoms with Crippen molar-refractivity contribution < 1.29 is 9.53 Å². The van der Waals surface area contributed by atoms with Crippen LogP contribution in [-0.2, 0) is 9.53 Å². The summed E-state index contributed by atoms with van der Waals surface area (Å²) in [4.78, 5) is 11.4. The van der Waals surface area contributed by atoms with E-state index >= 15 is 0 Å². The van der Waals surface area contributed by atoms with Crippen LogP contribution in [0.4, 0.5) is 5.69 Å². The molecule has 0 unspecified atom stereocenters. The zero-order valence-electron chi connectivity index (χ0n) is 9.00. The fourth-order valence-electron chi connectivity index (χ4n) is 1.23. The third kappa shape index (κ3) is 3.23. The van der Waals surface area contributed by atoms with Gasteiger partial charge in [-0.15, -0.1) is 0 Å². The number of esters is 1. The molecule has 1 N–H and O–H groups in total. The van der Waals surface area contributed by atoms with Crippen LogP contribution in [0.25, 0.3) is 0 Å². The van der Waals surface area contributed by atoms with Gasteiger partial charge in [-0.05, 0) is 32.0 Å². The number of hydrogen-bond acceptors (Lipinski definition) is 3. The molecule has 0 bridgehead atoms. The molecule has 3 nitrogen and oxygen atoms in total. The molecule has 0 spiro atoms. The average Bonchev–Trinajstić information content (AvgIpc) is 2.15. The molecule has 0 heterocycles. The van der Waals surface area contributed by atoms with Gasteiger partial charge in [-0.25, -0.2) is 4.79 Å². The molecule has 0 aromatic heterocycles. The second kappa shape index (κ2) is 4.66. The van der Waals surface area contributed by atoms with Gasteiger partial charge in [0.25, 0.3) is 0 Å². The van der Waals surface area contributed by atoms with Crippen molar-refractivity contribution in [1.82, 2.24) is 0 Å². The van der Waals surface area contributed by atoms with Gasteiger partial charge < -0.3 is 10.1 Å². The van der Waals surface area contributed by atoms with Crippen molar-refractivity contribution >= 4 is 27.6 Å². The highest BCUT2D eigenvalue weighted by Gasteiger charge is 2.28. The minimum Gasteiger partial charge on any atom is -0.467 e. The number of benzene rings is 1. The van der Waals surface area contributed by atoms with Gasteiger partial charge in [0.2, 0.25) is 0 Å². The molecule has 0 radical (unpaired) electrons. The van der Waals surface area contributed by atoms with Gasteiger partial charge >= 0.3 is 5.97 Å². The summed E-state index contributed by atoms with van der Waals surface area (Å²) >= 11 is 3.37. The average molecular weight is 272 g/mol. The number of rotatable bonds is 3. The predicted molar refractivity (Wildman–Crippen MR) is 63.9 cm³/mol. The molecule has 0 fully saturated rings. The maximum Gasteiger partial charge on any atom is 0.330 e. The molecular formula is C11H14BrNO2. The summed E-state index contributed by atoms with van der Waals surface area (Å²) in [6.45, 7) is 3.56. The van der Waals surface area contributed by atoms with Gasteiger partial charge in [0.05, 0.1) is 7.11 Å². The predicted octanol–water partition coefficient (Wildman–Crippen LogP) is 2.81. The van der Waals surface area contributed by atoms with E-state index in [1.807, 2.05) is 24.3 Å². The zero-order chi connectivity index (χ0) is 11.5. The van der Waals surface area contributed by atoms with Gasteiger partial charge in [0, 0.05) is 10.2 Å². The Bertz CT molecular complexity index is 363. The third-order valence-electron chi connectivity index (χ3n) is 1.98. The first-order valence-electron chi connectivity index (χ1n) is 4.58. The minimum atomic E-state index is -0.727. The maximum absolute atomic E-state index is 11.4. The van der Waals surface area contributed by atoms with Crippen LogP contribution in [0.15, 0.2) is 28.7 Å². The summed E-state index contributed by atoms with van der Waals surface area (Å²) in [5.74, 6) is -0.289. The molecule has 15 heavy (non-hydrogen) atoms. The summed E-state index contributed by atoms with van der Waals surface area (Å²) < 4.78 is 5.67. The van der Waals surface area contributed by atoms with E-state index in [-0.39, 0.29) is 5.97 Å². The molecule has 0 saturated heterocycles. The number of ether oxygens (including phenoxy) is 1. The lowest BCUT2D eigenvalue weighted by molar-refractivity contribution is -0.144. The lowest BCUT2D eigenvalue weighted by Crippen LogP contribution is -2.41. The lowest BCUT2D eigenvalue weighted by Gasteiger charge is -2.24. The third-order valence-corrected chi connectivity index (χ3v) is 2.47. The smallest absolute Gasteiger partial charge is 0.330 e. The van der Waals surface area contributed by atoms with Gasteiger partial charge in [0.15, 0.2) is 0 Å². The van der Waals surface area contributed by atoms with Crippen LogP contribution in [0.3, 0.4) is 0 Å². The second-order valence-electron chi connectivity index (χ2n) is 3.75. The Kier molecular flexibility index (Phi) is 3.74. The molecule has 0 aliphatic rings. The van der Waals surface area contributed by atoms with E-state index in [0.29, 0.717) is 0 Å². The van der Waals surface area contributed by atoms with Crippen molar-refractivity contribution in [1.29, 1.82) is 0 Å². The SMILES string of the molecule is COC(=O)C(C)(C)Nc1cccc(Br)c1. The van der Waals surface area contributed by atoms with Crippen LogP contribution in [0.2, 0.25) is 0 Å². The van der Waals surface area contributed by atoms with E-state index in [2.05, 4.69) is 21.2 Å². The monoisotopic (exact) mass is 271 g/mol. The number of hydrogen-bond donors (Lipinski definition) is 1. The summed E-state index contributed by atoms with van der Waals surface area (Å²) in [6.07, 6.45) is 0. The Hall–Kier alpha value is -1.03. The first-order valence-corrected chi connectivity index (χ1v) is 5.37. The fraction of sp³-hybridized carbons (Fsp3) is 0.364. The quantitative estimate of drug-likeness (QED) is 0.860. The normalized spacial score (nSPS) is 10.9. The zero-order valence-corrected chi connectivity index (χ0v) is 10.6. The van der Waals surface area contributed by atoms with Crippen molar-refractivity contribution in [3.05, 3.63) is 28.7 Å². The van der Waals surface area contributed by atoms with Gasteiger partial charge in [-0.3, -0.25) is 0 Å². The number of carbonyl (C=O) groups is 1. The molecular weight excluding hydrogens is 258 g/mol. The van der Waals surface area contributed by atoms with Crippen LogP contribution in [0.1, 0.15) is 13.8 Å². The lowest BCUT2D eigenvalue weighted by atomic mass is 10.1. The van der Waals surface area contributed by atoms with E-state index in [0.717, 1.165) is 10.2 Å². The van der Waals surface area contributed by atoms with E-state index in [1.165, 1.54) is 7.11 Å². The fourth-order valence-corrected chi connectivity index (χ4v) is 1.63. The number of halogens is 1. The number of anilines is 1. The van der Waals surface area contributed by atoms with Crippen molar-refractivity contribution in [2.24, 2.45) is 0 Å². The van der Waals surface area contributed by atoms with Gasteiger partial charge in [0.1, 0.15) is 5.54 Å². The molecule has 4 heteroatoms. The van der Waals surface area contributed by atoms with Crippen LogP contribution in [0, 0.1) is 0 Å². The Morgan fingerprint density at radius 3 is 2.67 bits per heavy atom. The van der Waals surface area contributed by atoms with Crippen LogP contribution < -0.4 is 5.32 Å². The Labute approximate surface area is 97.9 Å². The van der Waals surface area contributed by atoms with Crippen molar-refractivity contribution in [2.75, 3.05) is 12.4 Å². The molecule has 0 saturated carbocycles. The second-order valence-corrected chi connectivity index (χ2v) is 4.67. The summed E-state index contributed by atoms with van der Waals surface area (Å²) in [6, 6.07) is 7.64. The summed E-state index contributed by atoms with van der Waals surface area (Å²) in [7, 11) is 1.38. The number of methoxy groups -OCH3 is 1. The summed E-state index contributed by atoms with van der Waals surface area (Å²) in [5, 5.41) is 3.11. The molecule has 1 aromatic rings. The standard InChI is InChI=1S/C11H14BrNO2/c1-11(2,10(14)15-3)13-9-6-4-5-8(12)7-9/h4-7,13H,1-3H3. The molecule has 0 amide bonds. The topological polar surface area (TPSA) is 38.3 Å². The Morgan fingerprint density at radius 2 is 2.13 bits per heavy atom. The highest BCUT2D eigenvalue weighted by Crippen LogP contribution is 2.20.